The maximum absolute atomic E-state index is 15.2. The number of amides is 1. The first-order chi connectivity index (χ1) is 33.4. The van der Waals surface area contributed by atoms with Gasteiger partial charge in [-0.2, -0.15) is 18.2 Å². The summed E-state index contributed by atoms with van der Waals surface area (Å²) in [5.74, 6) is -3.84. The first-order valence-corrected chi connectivity index (χ1v) is 13.7. The molecule has 1 aliphatic rings. The molecule has 0 aliphatic heterocycles. The topological polar surface area (TPSA) is 58.4 Å². The normalized spacial score (nSPS) is 26.2. The lowest BCUT2D eigenvalue weighted by Crippen LogP contribution is -2.40. The molecule has 0 unspecified atom stereocenters. The number of likely N-dealkylation sites (N-methyl/N-ethyl adjacent to an activating group) is 1. The number of hydrogen-bond acceptors (Lipinski definition) is 5. The number of fused-ring (bicyclic) bond motifs is 1. The number of halogens is 4. The van der Waals surface area contributed by atoms with E-state index in [0.29, 0.717) is 13.8 Å². The van der Waals surface area contributed by atoms with Crippen LogP contribution in [0.5, 0.6) is 0 Å². The van der Waals surface area contributed by atoms with Gasteiger partial charge in [0.05, 0.1) is 24.8 Å². The van der Waals surface area contributed by atoms with E-state index in [1.807, 2.05) is 0 Å². The second-order valence-electron chi connectivity index (χ2n) is 8.86. The average Bonchev–Trinajstić information content (AvgIpc) is 3.34. The van der Waals surface area contributed by atoms with Crippen LogP contribution in [0, 0.1) is 5.82 Å². The third kappa shape index (κ3) is 8.70. The maximum Gasteiger partial charge on any atom is 0.416 e. The summed E-state index contributed by atoms with van der Waals surface area (Å²) in [6.45, 7) is -17.7. The Hall–Kier alpha value is -3.96. The largest absolute Gasteiger partial charge is 0.416 e. The minimum Gasteiger partial charge on any atom is -0.336 e. The summed E-state index contributed by atoms with van der Waals surface area (Å²) >= 11 is -0.475. The van der Waals surface area contributed by atoms with Crippen molar-refractivity contribution in [3.05, 3.63) is 117 Å². The van der Waals surface area contributed by atoms with Crippen LogP contribution in [-0.4, -0.2) is 51.2 Å². The zero-order valence-corrected chi connectivity index (χ0v) is 24.8. The predicted molar refractivity (Wildman–Crippen MR) is 177 cm³/mol. The molecule has 0 fully saturated rings. The third-order valence-electron chi connectivity index (χ3n) is 5.85. The number of benzene rings is 3. The summed E-state index contributed by atoms with van der Waals surface area (Å²) in [5.41, 5.74) is -15.3. The molecule has 5 rings (SSSR count). The molecule has 248 valence electrons. The van der Waals surface area contributed by atoms with Gasteiger partial charge in [-0.15, -0.1) is 0 Å². The van der Waals surface area contributed by atoms with Gasteiger partial charge >= 0.3 is 6.18 Å². The van der Waals surface area contributed by atoms with Crippen molar-refractivity contribution in [2.45, 2.75) is 63.1 Å². The molecule has 0 saturated heterocycles. The van der Waals surface area contributed by atoms with Crippen LogP contribution in [0.15, 0.2) is 82.5 Å². The third-order valence-corrected chi connectivity index (χ3v) is 6.65. The molecule has 11 heteroatoms. The number of hydrogen-bond donors (Lipinski definition) is 0. The van der Waals surface area contributed by atoms with E-state index in [4.69, 9.17) is 35.6 Å². The van der Waals surface area contributed by atoms with Crippen molar-refractivity contribution in [1.82, 2.24) is 19.4 Å². The summed E-state index contributed by atoms with van der Waals surface area (Å²) in [4.78, 5) is 31.7. The van der Waals surface area contributed by atoms with Crippen molar-refractivity contribution in [2.75, 3.05) is 26.0 Å². The molecule has 1 aromatic heterocycles. The van der Waals surface area contributed by atoms with Gasteiger partial charge < -0.3 is 14.4 Å². The highest BCUT2D eigenvalue weighted by molar-refractivity contribution is 7.98. The molecule has 0 radical (unpaired) electrons. The molecule has 4 aromatic rings. The molecule has 0 N–H and O–H groups in total. The van der Waals surface area contributed by atoms with Crippen LogP contribution in [0.1, 0.15) is 86.5 Å². The summed E-state index contributed by atoms with van der Waals surface area (Å²) < 4.78 is 295. The molecule has 0 saturated carbocycles. The lowest BCUT2D eigenvalue weighted by atomic mass is 10.0. The maximum atomic E-state index is 15.2. The van der Waals surface area contributed by atoms with Crippen LogP contribution >= 0.6 is 11.8 Å². The smallest absolute Gasteiger partial charge is 0.336 e. The van der Waals surface area contributed by atoms with Gasteiger partial charge in [0.15, 0.2) is 5.16 Å². The Labute approximate surface area is 315 Å². The van der Waals surface area contributed by atoms with Gasteiger partial charge in [0.25, 0.3) is 5.56 Å². The lowest BCUT2D eigenvalue weighted by Gasteiger charge is -2.28. The van der Waals surface area contributed by atoms with E-state index < -0.39 is 216 Å². The van der Waals surface area contributed by atoms with Gasteiger partial charge in [0, 0.05) is 55.7 Å². The van der Waals surface area contributed by atoms with E-state index in [0.717, 1.165) is 0 Å². The average molecular weight is 695 g/mol. The van der Waals surface area contributed by atoms with Crippen molar-refractivity contribution in [3.63, 3.8) is 0 Å². The van der Waals surface area contributed by atoms with Gasteiger partial charge in [-0.3, -0.25) is 9.59 Å². The quantitative estimate of drug-likeness (QED) is 0.0841. The second-order valence-corrected chi connectivity index (χ2v) is 9.64. The number of carbonyl (C=O) groups excluding carboxylic acids is 1. The zero-order chi connectivity index (χ0) is 58.3. The summed E-state index contributed by atoms with van der Waals surface area (Å²) in [7, 11) is 0. The highest BCUT2D eigenvalue weighted by atomic mass is 32.2. The van der Waals surface area contributed by atoms with Crippen LogP contribution in [0.3, 0.4) is 0 Å². The number of aromatic nitrogens is 2. The van der Waals surface area contributed by atoms with Crippen LogP contribution in [0.4, 0.5) is 17.6 Å². The Morgan fingerprint density at radius 3 is 2.19 bits per heavy atom. The molecule has 0 atom stereocenters. The molecule has 3 aromatic carbocycles. The number of nitrogens with zero attached hydrogens (tertiary/aromatic N) is 4. The molecule has 0 bridgehead atoms. The van der Waals surface area contributed by atoms with Crippen molar-refractivity contribution >= 4 is 17.7 Å². The highest BCUT2D eigenvalue weighted by Gasteiger charge is 2.30. The minimum atomic E-state index is -5.49. The van der Waals surface area contributed by atoms with E-state index in [1.54, 1.807) is 0 Å². The summed E-state index contributed by atoms with van der Waals surface area (Å²) in [5, 5.41) is -1.35. The SMILES string of the molecule is [2H]c1c([2H])c(C([2H])([2H])Sc2nc(=O)c3c(n2CC(=O)N(Cc2c([2H])c([2H])c(-c4c([2H])c([2H])c(C(F)(F)F)c([2H])c4[2H])c([2H])c2[2H])C([2H])([2H])C([2H])([2H])N(C([2H])([2H])C)C([2H])([2H])C)C([2H])([2H])C([2H])([2H])C3([2H])[2H])c([2H])c([2H])c1F. The molecule has 6 nitrogen and oxygen atoms in total. The molecular formula is C36H38F4N4O2S. The molecule has 1 aliphatic carbocycles. The van der Waals surface area contributed by atoms with Crippen molar-refractivity contribution in [3.8, 4) is 11.1 Å². The van der Waals surface area contributed by atoms with Gasteiger partial charge in [-0.05, 0) is 78.5 Å². The van der Waals surface area contributed by atoms with Crippen molar-refractivity contribution in [1.29, 1.82) is 0 Å². The Kier molecular flexibility index (Phi) is 4.40. The fourth-order valence-corrected chi connectivity index (χ4v) is 4.31. The van der Waals surface area contributed by atoms with E-state index in [-0.39, 0.29) is 14.4 Å². The molecule has 1 amide bonds. The van der Waals surface area contributed by atoms with Crippen LogP contribution in [0.25, 0.3) is 11.1 Å². The Morgan fingerprint density at radius 1 is 0.957 bits per heavy atom. The van der Waals surface area contributed by atoms with E-state index in [1.165, 1.54) is 0 Å². The number of carbonyl (C=O) groups is 1. The second kappa shape index (κ2) is 15.3. The minimum absolute atomic E-state index is 0.0595. The summed E-state index contributed by atoms with van der Waals surface area (Å²) in [6, 6.07) is -17.8. The number of rotatable bonds is 13. The van der Waals surface area contributed by atoms with Crippen LogP contribution < -0.4 is 5.56 Å². The number of thioether (sulfide) groups is 1. The molecule has 1 heterocycles. The van der Waals surface area contributed by atoms with Crippen LogP contribution in [-0.2, 0) is 42.5 Å². The van der Waals surface area contributed by atoms with Gasteiger partial charge in [-0.1, -0.05) is 73.9 Å². The first-order valence-electron chi connectivity index (χ1n) is 26.9. The summed E-state index contributed by atoms with van der Waals surface area (Å²) in [6.07, 6.45) is -16.9. The molecular weight excluding hydrogens is 628 g/mol. The van der Waals surface area contributed by atoms with Gasteiger partial charge in [-0.25, -0.2) is 4.39 Å². The standard InChI is InChI=1S/C36H38F4N4O2S/c1-3-42(4-2)20-21-43(22-25-8-12-27(13-9-25)28-14-16-29(17-15-28)36(38,39)40)33(45)23-44-32-7-5-6-31(32)34(46)41-35(44)47-24-26-10-18-30(37)19-11-26/h8-19H,3-7,20-24H2,1-2H3/i3D2,4D2,5D2,6D2,7D2,8D,9D,10D,11D,12D,13D,14D,15D,16D,17D,18D,19D,20D2,21D2,24D2. The van der Waals surface area contributed by atoms with Crippen molar-refractivity contribution < 1.29 is 60.7 Å². The molecule has 47 heavy (non-hydrogen) atoms. The van der Waals surface area contributed by atoms with E-state index >= 15 is 4.79 Å². The monoisotopic (exact) mass is 694 g/mol. The Balaban J connectivity index is 1.90. The molecule has 0 spiro atoms. The van der Waals surface area contributed by atoms with Gasteiger partial charge in [0.1, 0.15) is 12.4 Å². The fourth-order valence-electron chi connectivity index (χ4n) is 3.62. The Morgan fingerprint density at radius 2 is 1.57 bits per heavy atom. The van der Waals surface area contributed by atoms with E-state index in [9.17, 15) is 25.1 Å². The first kappa shape index (κ1) is 13.5. The zero-order valence-electron chi connectivity index (χ0n) is 51.9. The highest BCUT2D eigenvalue weighted by Crippen LogP contribution is 2.31. The predicted octanol–water partition coefficient (Wildman–Crippen LogP) is 7.22. The van der Waals surface area contributed by atoms with Crippen LogP contribution in [0.2, 0.25) is 0 Å². The van der Waals surface area contributed by atoms with Crippen molar-refractivity contribution in [2.24, 2.45) is 0 Å². The lowest BCUT2D eigenvalue weighted by molar-refractivity contribution is -0.137. The Bertz CT molecular complexity index is 3020. The fraction of sp³-hybridized carbons (Fsp3) is 0.361. The van der Waals surface area contributed by atoms with E-state index in [2.05, 4.69) is 4.98 Å². The number of alkyl halides is 3. The van der Waals surface area contributed by atoms with Gasteiger partial charge in [0.2, 0.25) is 5.91 Å².